The smallest absolute Gasteiger partial charge is 0.263 e. The summed E-state index contributed by atoms with van der Waals surface area (Å²) in [5, 5.41) is 3.03. The second-order valence-corrected chi connectivity index (χ2v) is 6.83. The van der Waals surface area contributed by atoms with E-state index >= 15 is 0 Å². The lowest BCUT2D eigenvalue weighted by Crippen LogP contribution is -2.47. The molecule has 2 heterocycles. The zero-order valence-corrected chi connectivity index (χ0v) is 12.4. The first kappa shape index (κ1) is 14.3. The molecule has 106 valence electrons. The summed E-state index contributed by atoms with van der Waals surface area (Å²) in [6.07, 6.45) is 4.42. The Bertz CT molecular complexity index is 535. The average Bonchev–Trinajstić information content (AvgIpc) is 2.38. The predicted molar refractivity (Wildman–Crippen MR) is 75.6 cm³/mol. The van der Waals surface area contributed by atoms with Crippen molar-refractivity contribution in [3.05, 3.63) is 18.3 Å². The van der Waals surface area contributed by atoms with Crippen LogP contribution in [0.4, 0.5) is 5.69 Å². The number of sulfonamides is 1. The summed E-state index contributed by atoms with van der Waals surface area (Å²) in [4.78, 5) is 4.07. The van der Waals surface area contributed by atoms with E-state index in [2.05, 4.69) is 10.3 Å². The minimum atomic E-state index is -3.54. The molecule has 0 aliphatic carbocycles. The van der Waals surface area contributed by atoms with E-state index in [0.717, 1.165) is 19.3 Å². The number of pyridine rings is 1. The van der Waals surface area contributed by atoms with Crippen LogP contribution in [0.25, 0.3) is 0 Å². The molecule has 1 saturated heterocycles. The maximum absolute atomic E-state index is 12.8. The van der Waals surface area contributed by atoms with E-state index in [0.29, 0.717) is 5.69 Å². The lowest BCUT2D eigenvalue weighted by Gasteiger charge is -2.37. The van der Waals surface area contributed by atoms with Crippen LogP contribution >= 0.6 is 0 Å². The van der Waals surface area contributed by atoms with Gasteiger partial charge in [0.25, 0.3) is 10.0 Å². The maximum Gasteiger partial charge on any atom is 0.263 e. The van der Waals surface area contributed by atoms with Crippen LogP contribution in [-0.4, -0.2) is 36.8 Å². The summed E-state index contributed by atoms with van der Waals surface area (Å²) in [5.41, 5.74) is 0.549. The minimum Gasteiger partial charge on any atom is -0.386 e. The summed E-state index contributed by atoms with van der Waals surface area (Å²) in [6, 6.07) is 3.52. The molecule has 1 N–H and O–H groups in total. The van der Waals surface area contributed by atoms with E-state index in [-0.39, 0.29) is 17.1 Å². The van der Waals surface area contributed by atoms with E-state index in [4.69, 9.17) is 0 Å². The quantitative estimate of drug-likeness (QED) is 0.922. The van der Waals surface area contributed by atoms with Crippen molar-refractivity contribution >= 4 is 15.7 Å². The van der Waals surface area contributed by atoms with E-state index in [1.807, 2.05) is 13.8 Å². The molecule has 0 aromatic carbocycles. The Balaban J connectivity index is 2.46. The Kier molecular flexibility index (Phi) is 4.10. The van der Waals surface area contributed by atoms with Gasteiger partial charge < -0.3 is 5.32 Å². The fourth-order valence-electron chi connectivity index (χ4n) is 2.76. The van der Waals surface area contributed by atoms with Crippen molar-refractivity contribution in [2.75, 3.05) is 12.4 Å². The first-order valence-corrected chi connectivity index (χ1v) is 8.08. The second kappa shape index (κ2) is 5.46. The average molecular weight is 283 g/mol. The monoisotopic (exact) mass is 283 g/mol. The Labute approximate surface area is 115 Å². The molecule has 5 nitrogen and oxygen atoms in total. The van der Waals surface area contributed by atoms with Gasteiger partial charge >= 0.3 is 0 Å². The van der Waals surface area contributed by atoms with Crippen molar-refractivity contribution in [2.45, 2.75) is 50.2 Å². The fourth-order valence-corrected chi connectivity index (χ4v) is 4.76. The van der Waals surface area contributed by atoms with E-state index in [9.17, 15) is 8.42 Å². The van der Waals surface area contributed by atoms with Crippen molar-refractivity contribution in [1.82, 2.24) is 9.29 Å². The molecule has 0 radical (unpaired) electrons. The molecule has 2 atom stereocenters. The molecule has 2 unspecified atom stereocenters. The summed E-state index contributed by atoms with van der Waals surface area (Å²) in [6.45, 7) is 3.93. The molecule has 1 aliphatic rings. The lowest BCUT2D eigenvalue weighted by atomic mass is 10.0. The molecular weight excluding hydrogens is 262 g/mol. The van der Waals surface area contributed by atoms with Gasteiger partial charge in [0.05, 0.1) is 5.69 Å². The molecule has 1 aromatic rings. The van der Waals surface area contributed by atoms with Crippen LogP contribution in [-0.2, 0) is 10.0 Å². The summed E-state index contributed by atoms with van der Waals surface area (Å²) < 4.78 is 27.2. The Hall–Kier alpha value is -1.14. The van der Waals surface area contributed by atoms with E-state index in [1.165, 1.54) is 6.20 Å². The van der Waals surface area contributed by atoms with Crippen molar-refractivity contribution in [3.63, 3.8) is 0 Å². The highest BCUT2D eigenvalue weighted by Gasteiger charge is 2.37. The SMILES string of the molecule is CNc1cccnc1S(=O)(=O)N1C(C)CCCC1C. The summed E-state index contributed by atoms with van der Waals surface area (Å²) in [7, 11) is -1.84. The van der Waals surface area contributed by atoms with Crippen molar-refractivity contribution in [1.29, 1.82) is 0 Å². The van der Waals surface area contributed by atoms with Crippen LogP contribution in [0.3, 0.4) is 0 Å². The van der Waals surface area contributed by atoms with Gasteiger partial charge in [-0.25, -0.2) is 13.4 Å². The molecule has 0 bridgehead atoms. The third kappa shape index (κ3) is 2.60. The standard InChI is InChI=1S/C13H21N3O2S/c1-10-6-4-7-11(2)16(10)19(17,18)13-12(14-3)8-5-9-15-13/h5,8-11,14H,4,6-7H2,1-3H3. The number of nitrogens with one attached hydrogen (secondary N) is 1. The zero-order chi connectivity index (χ0) is 14.0. The third-order valence-corrected chi connectivity index (χ3v) is 5.76. The van der Waals surface area contributed by atoms with Crippen LogP contribution in [0, 0.1) is 0 Å². The van der Waals surface area contributed by atoms with Gasteiger partial charge in [0, 0.05) is 25.3 Å². The van der Waals surface area contributed by atoms with Crippen LogP contribution in [0.1, 0.15) is 33.1 Å². The van der Waals surface area contributed by atoms with Crippen molar-refractivity contribution in [2.24, 2.45) is 0 Å². The molecule has 1 aliphatic heterocycles. The van der Waals surface area contributed by atoms with Gasteiger partial charge in [-0.05, 0) is 38.8 Å². The highest BCUT2D eigenvalue weighted by atomic mass is 32.2. The second-order valence-electron chi connectivity index (χ2n) is 5.07. The number of piperidine rings is 1. The number of aromatic nitrogens is 1. The molecule has 0 saturated carbocycles. The van der Waals surface area contributed by atoms with E-state index < -0.39 is 10.0 Å². The Morgan fingerprint density at radius 2 is 1.95 bits per heavy atom. The van der Waals surface area contributed by atoms with Gasteiger partial charge in [0.1, 0.15) is 0 Å². The molecule has 0 amide bonds. The normalized spacial score (nSPS) is 25.2. The van der Waals surface area contributed by atoms with Crippen molar-refractivity contribution in [3.8, 4) is 0 Å². The Morgan fingerprint density at radius 3 is 2.53 bits per heavy atom. The summed E-state index contributed by atoms with van der Waals surface area (Å²) >= 11 is 0. The lowest BCUT2D eigenvalue weighted by molar-refractivity contribution is 0.204. The fraction of sp³-hybridized carbons (Fsp3) is 0.615. The molecule has 6 heteroatoms. The highest BCUT2D eigenvalue weighted by molar-refractivity contribution is 7.89. The van der Waals surface area contributed by atoms with Gasteiger partial charge in [-0.15, -0.1) is 0 Å². The van der Waals surface area contributed by atoms with Gasteiger partial charge in [-0.3, -0.25) is 0 Å². The zero-order valence-electron chi connectivity index (χ0n) is 11.6. The van der Waals surface area contributed by atoms with Gasteiger partial charge in [0.15, 0.2) is 5.03 Å². The molecular formula is C13H21N3O2S. The Morgan fingerprint density at radius 1 is 1.32 bits per heavy atom. The minimum absolute atomic E-state index is 0.0282. The van der Waals surface area contributed by atoms with Crippen LogP contribution in [0.5, 0.6) is 0 Å². The van der Waals surface area contributed by atoms with Gasteiger partial charge in [0.2, 0.25) is 0 Å². The first-order valence-electron chi connectivity index (χ1n) is 6.64. The predicted octanol–water partition coefficient (Wildman–Crippen LogP) is 2.07. The largest absolute Gasteiger partial charge is 0.386 e. The highest BCUT2D eigenvalue weighted by Crippen LogP contribution is 2.31. The van der Waals surface area contributed by atoms with Gasteiger partial charge in [-0.1, -0.05) is 6.42 Å². The molecule has 1 fully saturated rings. The molecule has 1 aromatic heterocycles. The van der Waals surface area contributed by atoms with Crippen LogP contribution < -0.4 is 5.32 Å². The number of nitrogens with zero attached hydrogens (tertiary/aromatic N) is 2. The molecule has 0 spiro atoms. The van der Waals surface area contributed by atoms with Crippen molar-refractivity contribution < 1.29 is 8.42 Å². The van der Waals surface area contributed by atoms with Crippen LogP contribution in [0.15, 0.2) is 23.4 Å². The molecule has 2 rings (SSSR count). The number of hydrogen-bond acceptors (Lipinski definition) is 4. The number of rotatable bonds is 3. The van der Waals surface area contributed by atoms with Crippen LogP contribution in [0.2, 0.25) is 0 Å². The number of anilines is 1. The summed E-state index contributed by atoms with van der Waals surface area (Å²) in [5.74, 6) is 0. The third-order valence-electron chi connectivity index (χ3n) is 3.68. The first-order chi connectivity index (χ1) is 8.98. The maximum atomic E-state index is 12.8. The van der Waals surface area contributed by atoms with Gasteiger partial charge in [-0.2, -0.15) is 4.31 Å². The topological polar surface area (TPSA) is 62.3 Å². The van der Waals surface area contributed by atoms with E-state index in [1.54, 1.807) is 23.5 Å². The molecule has 19 heavy (non-hydrogen) atoms. The number of hydrogen-bond donors (Lipinski definition) is 1.